The molecule has 2 rings (SSSR count). The average molecular weight is 233 g/mol. The van der Waals surface area contributed by atoms with Crippen molar-refractivity contribution in [2.24, 2.45) is 11.8 Å². The van der Waals surface area contributed by atoms with Crippen LogP contribution in [0, 0.1) is 11.8 Å². The molecule has 3 heteroatoms. The van der Waals surface area contributed by atoms with E-state index in [1.165, 1.54) is 31.2 Å². The van der Waals surface area contributed by atoms with Gasteiger partial charge in [0.25, 0.3) is 0 Å². The second-order valence-electron chi connectivity index (χ2n) is 5.05. The van der Waals surface area contributed by atoms with Crippen LogP contribution in [0.15, 0.2) is 18.7 Å². The van der Waals surface area contributed by atoms with E-state index in [-0.39, 0.29) is 0 Å². The van der Waals surface area contributed by atoms with E-state index in [2.05, 4.69) is 29.1 Å². The summed E-state index contributed by atoms with van der Waals surface area (Å²) in [7, 11) is 0. The van der Waals surface area contributed by atoms with Crippen LogP contribution in [0.1, 0.15) is 51.1 Å². The van der Waals surface area contributed by atoms with Crippen LogP contribution in [-0.4, -0.2) is 16.5 Å². The third kappa shape index (κ3) is 3.03. The molecular formula is C14H23N3. The molecule has 0 bridgehead atoms. The molecule has 0 saturated heterocycles. The van der Waals surface area contributed by atoms with Crippen LogP contribution in [-0.2, 0) is 0 Å². The van der Waals surface area contributed by atoms with Crippen LogP contribution >= 0.6 is 0 Å². The number of aromatic nitrogens is 2. The quantitative estimate of drug-likeness (QED) is 0.849. The van der Waals surface area contributed by atoms with Crippen LogP contribution in [0.2, 0.25) is 0 Å². The summed E-state index contributed by atoms with van der Waals surface area (Å²) in [6, 6.07) is 0.442. The lowest BCUT2D eigenvalue weighted by molar-refractivity contribution is 0.358. The molecule has 17 heavy (non-hydrogen) atoms. The van der Waals surface area contributed by atoms with Crippen molar-refractivity contribution in [2.45, 2.75) is 45.6 Å². The summed E-state index contributed by atoms with van der Waals surface area (Å²) >= 11 is 0. The molecule has 1 saturated carbocycles. The fraction of sp³-hybridized carbons (Fsp3) is 0.714. The van der Waals surface area contributed by atoms with Gasteiger partial charge in [-0.1, -0.05) is 26.7 Å². The molecule has 1 N–H and O–H groups in total. The lowest BCUT2D eigenvalue weighted by Gasteiger charge is -2.24. The van der Waals surface area contributed by atoms with Gasteiger partial charge in [0.05, 0.1) is 0 Å². The van der Waals surface area contributed by atoms with E-state index in [0.29, 0.717) is 6.04 Å². The van der Waals surface area contributed by atoms with Crippen LogP contribution in [0.25, 0.3) is 0 Å². The Morgan fingerprint density at radius 3 is 2.65 bits per heavy atom. The maximum Gasteiger partial charge on any atom is 0.115 e. The fourth-order valence-corrected chi connectivity index (χ4v) is 3.03. The van der Waals surface area contributed by atoms with Gasteiger partial charge in [-0.15, -0.1) is 0 Å². The van der Waals surface area contributed by atoms with E-state index in [4.69, 9.17) is 0 Å². The highest BCUT2D eigenvalue weighted by atomic mass is 14.9. The van der Waals surface area contributed by atoms with E-state index >= 15 is 0 Å². The van der Waals surface area contributed by atoms with Gasteiger partial charge < -0.3 is 5.32 Å². The molecule has 1 aliphatic carbocycles. The Morgan fingerprint density at radius 2 is 2.06 bits per heavy atom. The van der Waals surface area contributed by atoms with Gasteiger partial charge in [-0.25, -0.2) is 9.97 Å². The number of rotatable bonds is 5. The van der Waals surface area contributed by atoms with E-state index in [9.17, 15) is 0 Å². The Labute approximate surface area is 104 Å². The molecule has 1 aromatic rings. The van der Waals surface area contributed by atoms with E-state index in [1.807, 2.05) is 12.4 Å². The van der Waals surface area contributed by atoms with Crippen molar-refractivity contribution in [1.29, 1.82) is 0 Å². The zero-order valence-corrected chi connectivity index (χ0v) is 10.9. The van der Waals surface area contributed by atoms with Crippen LogP contribution < -0.4 is 5.32 Å². The van der Waals surface area contributed by atoms with Gasteiger partial charge in [-0.3, -0.25) is 0 Å². The first kappa shape index (κ1) is 12.5. The van der Waals surface area contributed by atoms with Gasteiger partial charge >= 0.3 is 0 Å². The lowest BCUT2D eigenvalue weighted by atomic mass is 9.92. The monoisotopic (exact) mass is 233 g/mol. The van der Waals surface area contributed by atoms with Crippen molar-refractivity contribution in [3.63, 3.8) is 0 Å². The standard InChI is InChI=1S/C14H23N3/c1-3-11-5-6-12(7-11)14(17-4-2)13-8-15-10-16-9-13/h8-12,14,17H,3-7H2,1-2H3. The Kier molecular flexibility index (Phi) is 4.49. The zero-order valence-electron chi connectivity index (χ0n) is 10.9. The predicted molar refractivity (Wildman–Crippen MR) is 69.6 cm³/mol. The van der Waals surface area contributed by atoms with Crippen molar-refractivity contribution >= 4 is 0 Å². The van der Waals surface area contributed by atoms with Crippen LogP contribution in [0.5, 0.6) is 0 Å². The minimum Gasteiger partial charge on any atom is -0.310 e. The van der Waals surface area contributed by atoms with E-state index < -0.39 is 0 Å². The average Bonchev–Trinajstić information content (AvgIpc) is 2.85. The SMILES string of the molecule is CCNC(c1cncnc1)C1CCC(CC)C1. The smallest absolute Gasteiger partial charge is 0.115 e. The van der Waals surface area contributed by atoms with Gasteiger partial charge in [0.1, 0.15) is 6.33 Å². The second kappa shape index (κ2) is 6.10. The van der Waals surface area contributed by atoms with Gasteiger partial charge in [0, 0.05) is 24.0 Å². The molecule has 3 atom stereocenters. The highest BCUT2D eigenvalue weighted by molar-refractivity contribution is 5.11. The molecule has 0 amide bonds. The number of nitrogens with zero attached hydrogens (tertiary/aromatic N) is 2. The summed E-state index contributed by atoms with van der Waals surface area (Å²) in [4.78, 5) is 8.29. The topological polar surface area (TPSA) is 37.8 Å². The van der Waals surface area contributed by atoms with Gasteiger partial charge in [-0.05, 0) is 31.2 Å². The molecule has 0 spiro atoms. The summed E-state index contributed by atoms with van der Waals surface area (Å²) in [6.45, 7) is 5.48. The summed E-state index contributed by atoms with van der Waals surface area (Å²) < 4.78 is 0. The maximum atomic E-state index is 4.15. The summed E-state index contributed by atoms with van der Waals surface area (Å²) in [5.41, 5.74) is 1.25. The molecule has 3 unspecified atom stereocenters. The molecular weight excluding hydrogens is 210 g/mol. The third-order valence-electron chi connectivity index (χ3n) is 3.99. The zero-order chi connectivity index (χ0) is 12.1. The van der Waals surface area contributed by atoms with E-state index in [1.54, 1.807) is 6.33 Å². The summed E-state index contributed by atoms with van der Waals surface area (Å²) in [5, 5.41) is 3.61. The highest BCUT2D eigenvalue weighted by Gasteiger charge is 2.30. The van der Waals surface area contributed by atoms with Gasteiger partial charge in [-0.2, -0.15) is 0 Å². The molecule has 1 aliphatic rings. The molecule has 1 aromatic heterocycles. The molecule has 3 nitrogen and oxygen atoms in total. The Balaban J connectivity index is 2.08. The van der Waals surface area contributed by atoms with Crippen LogP contribution in [0.3, 0.4) is 0 Å². The van der Waals surface area contributed by atoms with Crippen molar-refractivity contribution in [3.05, 3.63) is 24.3 Å². The molecule has 0 aromatic carbocycles. The second-order valence-corrected chi connectivity index (χ2v) is 5.05. The van der Waals surface area contributed by atoms with Crippen molar-refractivity contribution < 1.29 is 0 Å². The van der Waals surface area contributed by atoms with Crippen molar-refractivity contribution in [2.75, 3.05) is 6.54 Å². The number of hydrogen-bond acceptors (Lipinski definition) is 3. The first-order chi connectivity index (χ1) is 8.35. The molecule has 1 fully saturated rings. The molecule has 0 radical (unpaired) electrons. The van der Waals surface area contributed by atoms with Gasteiger partial charge in [0.15, 0.2) is 0 Å². The summed E-state index contributed by atoms with van der Waals surface area (Å²) in [6.07, 6.45) is 10.9. The van der Waals surface area contributed by atoms with E-state index in [0.717, 1.165) is 18.4 Å². The van der Waals surface area contributed by atoms with Gasteiger partial charge in [0.2, 0.25) is 0 Å². The predicted octanol–water partition coefficient (Wildman–Crippen LogP) is 2.95. The fourth-order valence-electron chi connectivity index (χ4n) is 3.03. The third-order valence-corrected chi connectivity index (χ3v) is 3.99. The summed E-state index contributed by atoms with van der Waals surface area (Å²) in [5.74, 6) is 1.68. The van der Waals surface area contributed by atoms with Crippen LogP contribution in [0.4, 0.5) is 0 Å². The maximum absolute atomic E-state index is 4.15. The molecule has 0 aliphatic heterocycles. The Hall–Kier alpha value is -0.960. The number of hydrogen-bond donors (Lipinski definition) is 1. The van der Waals surface area contributed by atoms with Crippen molar-refractivity contribution in [1.82, 2.24) is 15.3 Å². The minimum absolute atomic E-state index is 0.442. The molecule has 94 valence electrons. The first-order valence-electron chi connectivity index (χ1n) is 6.83. The Morgan fingerprint density at radius 1 is 1.29 bits per heavy atom. The highest BCUT2D eigenvalue weighted by Crippen LogP contribution is 2.39. The molecule has 1 heterocycles. The number of nitrogens with one attached hydrogen (secondary N) is 1. The normalized spacial score (nSPS) is 26.0. The largest absolute Gasteiger partial charge is 0.310 e. The lowest BCUT2D eigenvalue weighted by Crippen LogP contribution is -2.27. The Bertz CT molecular complexity index is 325. The van der Waals surface area contributed by atoms with Crippen molar-refractivity contribution in [3.8, 4) is 0 Å². The first-order valence-corrected chi connectivity index (χ1v) is 6.83. The minimum atomic E-state index is 0.442.